The summed E-state index contributed by atoms with van der Waals surface area (Å²) in [5.74, 6) is -0.508. The Balaban J connectivity index is 1.77. The van der Waals surface area contributed by atoms with Crippen molar-refractivity contribution in [2.45, 2.75) is 50.2 Å². The first kappa shape index (κ1) is 17.4. The number of carbonyl (C=O) groups is 1. The first-order valence-corrected chi connectivity index (χ1v) is 9.22. The molecule has 4 heteroatoms. The lowest BCUT2D eigenvalue weighted by molar-refractivity contribution is -0.902. The molecule has 0 radical (unpaired) electrons. The lowest BCUT2D eigenvalue weighted by Crippen LogP contribution is -2.49. The quantitative estimate of drug-likeness (QED) is 0.666. The minimum absolute atomic E-state index is 0.0431. The smallest absolute Gasteiger partial charge is 0.343 e. The summed E-state index contributed by atoms with van der Waals surface area (Å²) in [5, 5.41) is 11.4. The zero-order valence-electron chi connectivity index (χ0n) is 14.9. The Morgan fingerprint density at radius 3 is 2.42 bits per heavy atom. The van der Waals surface area contributed by atoms with Crippen molar-refractivity contribution in [3.05, 3.63) is 35.9 Å². The van der Waals surface area contributed by atoms with Crippen LogP contribution in [0.3, 0.4) is 0 Å². The van der Waals surface area contributed by atoms with Gasteiger partial charge < -0.3 is 14.3 Å². The number of ether oxygens (including phenoxy) is 1. The highest BCUT2D eigenvalue weighted by Gasteiger charge is 2.48. The fourth-order valence-corrected chi connectivity index (χ4v) is 4.39. The van der Waals surface area contributed by atoms with Crippen LogP contribution < -0.4 is 0 Å². The Morgan fingerprint density at radius 1 is 1.17 bits per heavy atom. The molecule has 0 spiro atoms. The number of likely N-dealkylation sites (N-methyl/N-ethyl adjacent to an activating group) is 1. The van der Waals surface area contributed by atoms with E-state index in [1.54, 1.807) is 0 Å². The van der Waals surface area contributed by atoms with E-state index in [4.69, 9.17) is 4.74 Å². The zero-order valence-corrected chi connectivity index (χ0v) is 14.9. The van der Waals surface area contributed by atoms with E-state index in [0.717, 1.165) is 43.1 Å². The molecule has 1 saturated carbocycles. The van der Waals surface area contributed by atoms with Gasteiger partial charge in [0, 0.05) is 18.8 Å². The molecule has 3 rings (SSSR count). The normalized spacial score (nSPS) is 26.2. The van der Waals surface area contributed by atoms with Gasteiger partial charge in [-0.2, -0.15) is 0 Å². The Kier molecular flexibility index (Phi) is 4.97. The van der Waals surface area contributed by atoms with Crippen LogP contribution in [0, 0.1) is 5.92 Å². The molecule has 1 N–H and O–H groups in total. The molecule has 24 heavy (non-hydrogen) atoms. The van der Waals surface area contributed by atoms with Crippen LogP contribution in [-0.2, 0) is 15.1 Å². The molecule has 0 aromatic heterocycles. The third-order valence-electron chi connectivity index (χ3n) is 6.14. The standard InChI is InChI=1S/C20H30NO3/c1-21(2)14-8-13-18(21)15-24-19(22)20(23,17-11-6-7-12-17)16-9-4-3-5-10-16/h3-5,9-10,17-18,23H,6-8,11-15H2,1-2H3/q+1. The molecule has 132 valence electrons. The van der Waals surface area contributed by atoms with Crippen LogP contribution in [0.15, 0.2) is 30.3 Å². The Labute approximate surface area is 145 Å². The Morgan fingerprint density at radius 2 is 1.83 bits per heavy atom. The summed E-state index contributed by atoms with van der Waals surface area (Å²) in [6.45, 7) is 1.52. The molecule has 1 aliphatic carbocycles. The number of hydrogen-bond acceptors (Lipinski definition) is 3. The van der Waals surface area contributed by atoms with Crippen LogP contribution >= 0.6 is 0 Å². The highest BCUT2D eigenvalue weighted by Crippen LogP contribution is 2.41. The van der Waals surface area contributed by atoms with E-state index in [9.17, 15) is 9.90 Å². The van der Waals surface area contributed by atoms with Gasteiger partial charge in [-0.05, 0) is 18.4 Å². The molecular formula is C20H30NO3+. The second-order valence-electron chi connectivity index (χ2n) is 8.01. The van der Waals surface area contributed by atoms with Gasteiger partial charge in [0.25, 0.3) is 0 Å². The van der Waals surface area contributed by atoms with Gasteiger partial charge in [0.2, 0.25) is 0 Å². The maximum atomic E-state index is 12.9. The first-order valence-electron chi connectivity index (χ1n) is 9.22. The summed E-state index contributed by atoms with van der Waals surface area (Å²) in [6.07, 6.45) is 6.14. The first-order chi connectivity index (χ1) is 11.4. The molecule has 0 bridgehead atoms. The number of aliphatic hydroxyl groups is 1. The highest BCUT2D eigenvalue weighted by molar-refractivity contribution is 5.81. The molecule has 1 saturated heterocycles. The van der Waals surface area contributed by atoms with Crippen LogP contribution in [0.4, 0.5) is 0 Å². The molecule has 2 aliphatic rings. The minimum Gasteiger partial charge on any atom is -0.457 e. The highest BCUT2D eigenvalue weighted by atomic mass is 16.6. The van der Waals surface area contributed by atoms with Crippen LogP contribution in [0.25, 0.3) is 0 Å². The fourth-order valence-electron chi connectivity index (χ4n) is 4.39. The van der Waals surface area contributed by atoms with E-state index in [-0.39, 0.29) is 5.92 Å². The van der Waals surface area contributed by atoms with E-state index in [2.05, 4.69) is 14.1 Å². The van der Waals surface area contributed by atoms with Crippen molar-refractivity contribution in [1.82, 2.24) is 0 Å². The van der Waals surface area contributed by atoms with E-state index < -0.39 is 11.6 Å². The molecule has 0 amide bonds. The summed E-state index contributed by atoms with van der Waals surface area (Å²) >= 11 is 0. The summed E-state index contributed by atoms with van der Waals surface area (Å²) < 4.78 is 6.58. The number of nitrogens with zero attached hydrogens (tertiary/aromatic N) is 1. The minimum atomic E-state index is -1.51. The Bertz CT molecular complexity index is 566. The summed E-state index contributed by atoms with van der Waals surface area (Å²) in [6, 6.07) is 9.67. The average molecular weight is 332 g/mol. The van der Waals surface area contributed by atoms with Crippen molar-refractivity contribution in [3.63, 3.8) is 0 Å². The van der Waals surface area contributed by atoms with Crippen molar-refractivity contribution in [2.24, 2.45) is 5.92 Å². The number of esters is 1. The number of likely N-dealkylation sites (tertiary alicyclic amines) is 1. The number of carbonyl (C=O) groups excluding carboxylic acids is 1. The van der Waals surface area contributed by atoms with Gasteiger partial charge in [0.05, 0.1) is 20.6 Å². The third kappa shape index (κ3) is 3.22. The van der Waals surface area contributed by atoms with Gasteiger partial charge in [0.15, 0.2) is 5.60 Å². The molecule has 2 unspecified atom stereocenters. The Hall–Kier alpha value is -1.39. The van der Waals surface area contributed by atoms with Gasteiger partial charge in [-0.1, -0.05) is 43.2 Å². The van der Waals surface area contributed by atoms with Crippen LogP contribution in [-0.4, -0.2) is 48.8 Å². The van der Waals surface area contributed by atoms with Crippen molar-refractivity contribution < 1.29 is 19.1 Å². The molecule has 1 aromatic carbocycles. The SMILES string of the molecule is C[N+]1(C)CCCC1COC(=O)C(O)(c1ccccc1)C1CCCC1. The van der Waals surface area contributed by atoms with Crippen LogP contribution in [0.5, 0.6) is 0 Å². The molecule has 2 atom stereocenters. The fraction of sp³-hybridized carbons (Fsp3) is 0.650. The summed E-state index contributed by atoms with van der Waals surface area (Å²) in [7, 11) is 4.37. The van der Waals surface area contributed by atoms with E-state index in [0.29, 0.717) is 18.2 Å². The monoisotopic (exact) mass is 332 g/mol. The van der Waals surface area contributed by atoms with Crippen LogP contribution in [0.2, 0.25) is 0 Å². The second-order valence-corrected chi connectivity index (χ2v) is 8.01. The van der Waals surface area contributed by atoms with E-state index in [1.807, 2.05) is 30.3 Å². The molecule has 4 nitrogen and oxygen atoms in total. The predicted octanol–water partition coefficient (Wildman–Crippen LogP) is 2.85. The molecular weight excluding hydrogens is 302 g/mol. The topological polar surface area (TPSA) is 46.5 Å². The zero-order chi connectivity index (χ0) is 17.2. The predicted molar refractivity (Wildman–Crippen MR) is 93.3 cm³/mol. The van der Waals surface area contributed by atoms with Crippen molar-refractivity contribution in [2.75, 3.05) is 27.2 Å². The van der Waals surface area contributed by atoms with Gasteiger partial charge in [-0.15, -0.1) is 0 Å². The largest absolute Gasteiger partial charge is 0.457 e. The molecule has 2 fully saturated rings. The third-order valence-corrected chi connectivity index (χ3v) is 6.14. The lowest BCUT2D eigenvalue weighted by Gasteiger charge is -2.34. The number of benzene rings is 1. The maximum absolute atomic E-state index is 12.9. The van der Waals surface area contributed by atoms with Gasteiger partial charge in [0.1, 0.15) is 12.6 Å². The lowest BCUT2D eigenvalue weighted by atomic mass is 9.80. The van der Waals surface area contributed by atoms with Crippen molar-refractivity contribution >= 4 is 5.97 Å². The number of quaternary nitrogens is 1. The maximum Gasteiger partial charge on any atom is 0.343 e. The number of rotatable bonds is 5. The summed E-state index contributed by atoms with van der Waals surface area (Å²) in [5.41, 5.74) is -0.838. The molecule has 1 aromatic rings. The molecule has 1 aliphatic heterocycles. The summed E-state index contributed by atoms with van der Waals surface area (Å²) in [4.78, 5) is 12.9. The van der Waals surface area contributed by atoms with Gasteiger partial charge >= 0.3 is 5.97 Å². The van der Waals surface area contributed by atoms with Gasteiger partial charge in [-0.3, -0.25) is 0 Å². The van der Waals surface area contributed by atoms with E-state index >= 15 is 0 Å². The van der Waals surface area contributed by atoms with E-state index in [1.165, 1.54) is 6.42 Å². The van der Waals surface area contributed by atoms with Crippen molar-refractivity contribution in [1.29, 1.82) is 0 Å². The average Bonchev–Trinajstić information content (AvgIpc) is 3.22. The second kappa shape index (κ2) is 6.85. The number of hydrogen-bond donors (Lipinski definition) is 1. The molecule has 1 heterocycles. The van der Waals surface area contributed by atoms with Crippen LogP contribution in [0.1, 0.15) is 44.1 Å². The van der Waals surface area contributed by atoms with Crippen molar-refractivity contribution in [3.8, 4) is 0 Å². The van der Waals surface area contributed by atoms with Gasteiger partial charge in [-0.25, -0.2) is 4.79 Å².